The van der Waals surface area contributed by atoms with Gasteiger partial charge in [0, 0.05) is 26.8 Å². The molecule has 1 fully saturated rings. The maximum atomic E-state index is 11.4. The van der Waals surface area contributed by atoms with E-state index in [4.69, 9.17) is 9.47 Å². The fourth-order valence-electron chi connectivity index (χ4n) is 1.70. The lowest BCUT2D eigenvalue weighted by molar-refractivity contribution is -0.121. The molecule has 1 amide bonds. The predicted molar refractivity (Wildman–Crippen MR) is 61.3 cm³/mol. The van der Waals surface area contributed by atoms with Crippen LogP contribution in [-0.2, 0) is 14.3 Å². The summed E-state index contributed by atoms with van der Waals surface area (Å²) in [5, 5.41) is 5.87. The second-order valence-corrected chi connectivity index (χ2v) is 4.35. The van der Waals surface area contributed by atoms with Gasteiger partial charge in [-0.15, -0.1) is 0 Å². The second-order valence-electron chi connectivity index (χ2n) is 4.35. The standard InChI is InChI=1S/C11H22N2O3/c1-11(4-3-6-16-11)9-13-10(14)8-12-5-7-15-2/h12H,3-9H2,1-2H3,(H,13,14). The van der Waals surface area contributed by atoms with Crippen LogP contribution in [0.4, 0.5) is 0 Å². The molecule has 1 saturated heterocycles. The fourth-order valence-corrected chi connectivity index (χ4v) is 1.70. The molecule has 0 aromatic carbocycles. The number of rotatable bonds is 7. The van der Waals surface area contributed by atoms with Gasteiger partial charge in [0.1, 0.15) is 0 Å². The van der Waals surface area contributed by atoms with Crippen molar-refractivity contribution >= 4 is 5.91 Å². The number of amides is 1. The summed E-state index contributed by atoms with van der Waals surface area (Å²) in [6.07, 6.45) is 2.10. The Bertz CT molecular complexity index is 215. The lowest BCUT2D eigenvalue weighted by Crippen LogP contribution is -2.43. The van der Waals surface area contributed by atoms with Crippen molar-refractivity contribution < 1.29 is 14.3 Å². The van der Waals surface area contributed by atoms with E-state index in [1.165, 1.54) is 0 Å². The zero-order valence-electron chi connectivity index (χ0n) is 10.2. The molecular weight excluding hydrogens is 208 g/mol. The molecule has 0 aliphatic carbocycles. The Hall–Kier alpha value is -0.650. The summed E-state index contributed by atoms with van der Waals surface area (Å²) in [4.78, 5) is 11.4. The number of nitrogens with one attached hydrogen (secondary N) is 2. The molecule has 1 aliphatic rings. The van der Waals surface area contributed by atoms with E-state index in [1.54, 1.807) is 7.11 Å². The van der Waals surface area contributed by atoms with Crippen molar-refractivity contribution in [3.8, 4) is 0 Å². The van der Waals surface area contributed by atoms with Crippen LogP contribution in [0, 0.1) is 0 Å². The highest BCUT2D eigenvalue weighted by atomic mass is 16.5. The predicted octanol–water partition coefficient (Wildman–Crippen LogP) is -0.0923. The zero-order chi connectivity index (χ0) is 11.9. The Morgan fingerprint density at radius 1 is 1.56 bits per heavy atom. The highest BCUT2D eigenvalue weighted by Gasteiger charge is 2.29. The molecule has 0 saturated carbocycles. The lowest BCUT2D eigenvalue weighted by Gasteiger charge is -2.23. The molecule has 1 unspecified atom stereocenters. The first-order chi connectivity index (χ1) is 7.66. The molecule has 5 nitrogen and oxygen atoms in total. The maximum absolute atomic E-state index is 11.4. The van der Waals surface area contributed by atoms with Crippen molar-refractivity contribution in [1.82, 2.24) is 10.6 Å². The quantitative estimate of drug-likeness (QED) is 0.600. The van der Waals surface area contributed by atoms with Crippen molar-refractivity contribution in [3.05, 3.63) is 0 Å². The Labute approximate surface area is 96.9 Å². The Morgan fingerprint density at radius 3 is 3.00 bits per heavy atom. The van der Waals surface area contributed by atoms with Crippen LogP contribution in [0.25, 0.3) is 0 Å². The molecule has 1 heterocycles. The topological polar surface area (TPSA) is 59.6 Å². The molecule has 0 bridgehead atoms. The summed E-state index contributed by atoms with van der Waals surface area (Å²) in [6, 6.07) is 0. The SMILES string of the molecule is COCCNCC(=O)NCC1(C)CCCO1. The van der Waals surface area contributed by atoms with Gasteiger partial charge in [-0.05, 0) is 19.8 Å². The van der Waals surface area contributed by atoms with Gasteiger partial charge in [0.15, 0.2) is 0 Å². The minimum atomic E-state index is -0.164. The summed E-state index contributed by atoms with van der Waals surface area (Å²) < 4.78 is 10.4. The van der Waals surface area contributed by atoms with Gasteiger partial charge in [-0.25, -0.2) is 0 Å². The third-order valence-corrected chi connectivity index (χ3v) is 2.73. The molecule has 16 heavy (non-hydrogen) atoms. The first-order valence-corrected chi connectivity index (χ1v) is 5.77. The molecule has 0 aromatic rings. The van der Waals surface area contributed by atoms with Crippen LogP contribution in [0.1, 0.15) is 19.8 Å². The van der Waals surface area contributed by atoms with E-state index in [-0.39, 0.29) is 11.5 Å². The third kappa shape index (κ3) is 4.92. The zero-order valence-corrected chi connectivity index (χ0v) is 10.2. The molecule has 0 radical (unpaired) electrons. The molecule has 1 rings (SSSR count). The smallest absolute Gasteiger partial charge is 0.234 e. The van der Waals surface area contributed by atoms with Crippen molar-refractivity contribution in [2.24, 2.45) is 0 Å². The molecular formula is C11H22N2O3. The normalized spacial score (nSPS) is 24.6. The van der Waals surface area contributed by atoms with Crippen LogP contribution in [0.2, 0.25) is 0 Å². The summed E-state index contributed by atoms with van der Waals surface area (Å²) in [6.45, 7) is 5.08. The van der Waals surface area contributed by atoms with Crippen LogP contribution in [0.5, 0.6) is 0 Å². The summed E-state index contributed by atoms with van der Waals surface area (Å²) in [7, 11) is 1.64. The van der Waals surface area contributed by atoms with E-state index < -0.39 is 0 Å². The molecule has 5 heteroatoms. The second kappa shape index (κ2) is 6.83. The number of ether oxygens (including phenoxy) is 2. The van der Waals surface area contributed by atoms with Gasteiger partial charge in [-0.1, -0.05) is 0 Å². The van der Waals surface area contributed by atoms with Crippen molar-refractivity contribution in [2.45, 2.75) is 25.4 Å². The Morgan fingerprint density at radius 2 is 2.38 bits per heavy atom. The first-order valence-electron chi connectivity index (χ1n) is 5.77. The van der Waals surface area contributed by atoms with Crippen molar-refractivity contribution in [3.63, 3.8) is 0 Å². The summed E-state index contributed by atoms with van der Waals surface area (Å²) in [5.74, 6) is 0.00725. The van der Waals surface area contributed by atoms with Crippen LogP contribution in [0.15, 0.2) is 0 Å². The average molecular weight is 230 g/mol. The van der Waals surface area contributed by atoms with E-state index in [0.29, 0.717) is 26.2 Å². The van der Waals surface area contributed by atoms with E-state index in [2.05, 4.69) is 10.6 Å². The molecule has 1 atom stereocenters. The number of methoxy groups -OCH3 is 1. The van der Waals surface area contributed by atoms with Gasteiger partial charge in [0.2, 0.25) is 5.91 Å². The maximum Gasteiger partial charge on any atom is 0.234 e. The lowest BCUT2D eigenvalue weighted by atomic mass is 10.0. The number of hydrogen-bond acceptors (Lipinski definition) is 4. The van der Waals surface area contributed by atoms with E-state index >= 15 is 0 Å². The van der Waals surface area contributed by atoms with Gasteiger partial charge in [0.05, 0.1) is 18.8 Å². The highest BCUT2D eigenvalue weighted by molar-refractivity contribution is 5.78. The van der Waals surface area contributed by atoms with Crippen LogP contribution in [-0.4, -0.2) is 51.5 Å². The number of carbonyl (C=O) groups is 1. The van der Waals surface area contributed by atoms with Gasteiger partial charge < -0.3 is 20.1 Å². The van der Waals surface area contributed by atoms with Gasteiger partial charge >= 0.3 is 0 Å². The minimum Gasteiger partial charge on any atom is -0.383 e. The highest BCUT2D eigenvalue weighted by Crippen LogP contribution is 2.23. The minimum absolute atomic E-state index is 0.00725. The largest absolute Gasteiger partial charge is 0.383 e. The van der Waals surface area contributed by atoms with Crippen LogP contribution >= 0.6 is 0 Å². The van der Waals surface area contributed by atoms with Crippen molar-refractivity contribution in [1.29, 1.82) is 0 Å². The van der Waals surface area contributed by atoms with Gasteiger partial charge in [-0.2, -0.15) is 0 Å². The van der Waals surface area contributed by atoms with E-state index in [9.17, 15) is 4.79 Å². The van der Waals surface area contributed by atoms with Gasteiger partial charge in [0.25, 0.3) is 0 Å². The first kappa shape index (κ1) is 13.4. The monoisotopic (exact) mass is 230 g/mol. The molecule has 0 aromatic heterocycles. The average Bonchev–Trinajstić information content (AvgIpc) is 2.70. The summed E-state index contributed by atoms with van der Waals surface area (Å²) >= 11 is 0. The fraction of sp³-hybridized carbons (Fsp3) is 0.909. The van der Waals surface area contributed by atoms with Crippen molar-refractivity contribution in [2.75, 3.05) is 40.0 Å². The van der Waals surface area contributed by atoms with E-state index in [0.717, 1.165) is 19.4 Å². The van der Waals surface area contributed by atoms with Gasteiger partial charge in [-0.3, -0.25) is 4.79 Å². The molecule has 94 valence electrons. The molecule has 1 aliphatic heterocycles. The third-order valence-electron chi connectivity index (χ3n) is 2.73. The van der Waals surface area contributed by atoms with Crippen LogP contribution in [0.3, 0.4) is 0 Å². The molecule has 2 N–H and O–H groups in total. The van der Waals surface area contributed by atoms with Crippen LogP contribution < -0.4 is 10.6 Å². The summed E-state index contributed by atoms with van der Waals surface area (Å²) in [5.41, 5.74) is -0.164. The van der Waals surface area contributed by atoms with E-state index in [1.807, 2.05) is 6.92 Å². The Balaban J connectivity index is 2.05. The number of hydrogen-bond donors (Lipinski definition) is 2. The Kier molecular flexibility index (Phi) is 5.73. The number of carbonyl (C=O) groups excluding carboxylic acids is 1. The molecule has 0 spiro atoms.